The molecule has 0 radical (unpaired) electrons. The van der Waals surface area contributed by atoms with E-state index in [1.165, 1.54) is 0 Å². The van der Waals surface area contributed by atoms with Crippen LogP contribution >= 0.6 is 12.2 Å². The van der Waals surface area contributed by atoms with Crippen LogP contribution in [0.4, 0.5) is 0 Å². The second-order valence-electron chi connectivity index (χ2n) is 2.83. The zero-order valence-electron chi connectivity index (χ0n) is 6.39. The van der Waals surface area contributed by atoms with Crippen LogP contribution in [0.3, 0.4) is 0 Å². The third kappa shape index (κ3) is 1.28. The van der Waals surface area contributed by atoms with Crippen LogP contribution in [0.5, 0.6) is 0 Å². The topological polar surface area (TPSA) is 65.2 Å². The monoisotopic (exact) mass is 186 g/mol. The molecule has 2 rings (SSSR count). The van der Waals surface area contributed by atoms with Gasteiger partial charge in [0.1, 0.15) is 12.2 Å². The van der Waals surface area contributed by atoms with E-state index in [4.69, 9.17) is 12.2 Å². The van der Waals surface area contributed by atoms with E-state index in [0.29, 0.717) is 18.2 Å². The summed E-state index contributed by atoms with van der Waals surface area (Å²) in [5, 5.41) is 11.9. The highest BCUT2D eigenvalue weighted by Crippen LogP contribution is 2.00. The lowest BCUT2D eigenvalue weighted by Gasteiger charge is -2.14. The van der Waals surface area contributed by atoms with Crippen LogP contribution in [0, 0.1) is 0 Å². The molecular weight excluding hydrogens is 176 g/mol. The summed E-state index contributed by atoms with van der Waals surface area (Å²) in [6.45, 7) is 1.07. The molecule has 2 fully saturated rings. The molecule has 2 aliphatic rings. The number of amides is 1. The summed E-state index contributed by atoms with van der Waals surface area (Å²) < 4.78 is 0. The minimum atomic E-state index is -0.203. The molecule has 1 amide bonds. The maximum absolute atomic E-state index is 11.3. The van der Waals surface area contributed by atoms with Gasteiger partial charge in [-0.05, 0) is 0 Å². The Kier molecular flexibility index (Phi) is 1.95. The molecule has 0 aromatic heterocycles. The standard InChI is InChI=1S/C6H10N4OS/c11-6-4-5(9-2-8-4)10-3(12)1-7-6/h4-5,8-9H,1-2H2,(H,7,11)(H,10,12). The van der Waals surface area contributed by atoms with Gasteiger partial charge in [0.15, 0.2) is 0 Å². The average Bonchev–Trinajstić information content (AvgIpc) is 2.44. The molecule has 0 aliphatic carbocycles. The average molecular weight is 186 g/mol. The maximum Gasteiger partial charge on any atom is 0.241 e. The summed E-state index contributed by atoms with van der Waals surface area (Å²) in [4.78, 5) is 12.0. The van der Waals surface area contributed by atoms with E-state index < -0.39 is 0 Å². The Morgan fingerprint density at radius 1 is 1.42 bits per heavy atom. The molecule has 5 nitrogen and oxygen atoms in total. The minimum Gasteiger partial charge on any atom is -0.361 e. The van der Waals surface area contributed by atoms with Gasteiger partial charge in [0.25, 0.3) is 0 Å². The van der Waals surface area contributed by atoms with Gasteiger partial charge in [0.2, 0.25) is 5.91 Å². The van der Waals surface area contributed by atoms with Crippen LogP contribution in [0.1, 0.15) is 0 Å². The van der Waals surface area contributed by atoms with Crippen LogP contribution in [-0.4, -0.2) is 36.3 Å². The largest absolute Gasteiger partial charge is 0.361 e. The predicted octanol–water partition coefficient (Wildman–Crippen LogP) is -2.12. The van der Waals surface area contributed by atoms with Crippen molar-refractivity contribution in [2.45, 2.75) is 12.2 Å². The van der Waals surface area contributed by atoms with Crippen LogP contribution in [0.25, 0.3) is 0 Å². The number of nitrogens with one attached hydrogen (secondary N) is 4. The number of hydrogen-bond donors (Lipinski definition) is 4. The Hall–Kier alpha value is -0.720. The van der Waals surface area contributed by atoms with Crippen molar-refractivity contribution in [1.29, 1.82) is 0 Å². The van der Waals surface area contributed by atoms with Gasteiger partial charge in [0, 0.05) is 6.67 Å². The molecule has 2 unspecified atom stereocenters. The first kappa shape index (κ1) is 7.90. The van der Waals surface area contributed by atoms with Crippen LogP contribution in [0.15, 0.2) is 0 Å². The third-order valence-electron chi connectivity index (χ3n) is 2.00. The van der Waals surface area contributed by atoms with Crippen molar-refractivity contribution in [3.63, 3.8) is 0 Å². The maximum atomic E-state index is 11.3. The highest BCUT2D eigenvalue weighted by molar-refractivity contribution is 7.80. The molecule has 2 saturated heterocycles. The smallest absolute Gasteiger partial charge is 0.241 e. The SMILES string of the molecule is O=C1NCC(=S)NC2NCNC12. The van der Waals surface area contributed by atoms with E-state index in [1.54, 1.807) is 0 Å². The highest BCUT2D eigenvalue weighted by atomic mass is 32.1. The van der Waals surface area contributed by atoms with Crippen molar-refractivity contribution in [3.8, 4) is 0 Å². The fourth-order valence-electron chi connectivity index (χ4n) is 1.39. The van der Waals surface area contributed by atoms with Crippen molar-refractivity contribution in [1.82, 2.24) is 21.3 Å². The Morgan fingerprint density at radius 3 is 3.08 bits per heavy atom. The molecule has 0 bridgehead atoms. The first-order valence-electron chi connectivity index (χ1n) is 3.81. The Bertz CT molecular complexity index is 232. The molecule has 66 valence electrons. The summed E-state index contributed by atoms with van der Waals surface area (Å²) in [6, 6.07) is -0.203. The van der Waals surface area contributed by atoms with Crippen LogP contribution < -0.4 is 21.3 Å². The first-order chi connectivity index (χ1) is 5.77. The molecule has 2 atom stereocenters. The van der Waals surface area contributed by atoms with Gasteiger partial charge >= 0.3 is 0 Å². The molecule has 0 saturated carbocycles. The lowest BCUT2D eigenvalue weighted by atomic mass is 10.2. The van der Waals surface area contributed by atoms with E-state index >= 15 is 0 Å². The number of hydrogen-bond acceptors (Lipinski definition) is 4. The molecule has 2 heterocycles. The van der Waals surface area contributed by atoms with Gasteiger partial charge in [-0.25, -0.2) is 0 Å². The van der Waals surface area contributed by atoms with E-state index in [0.717, 1.165) is 0 Å². The fourth-order valence-corrected chi connectivity index (χ4v) is 1.59. The summed E-state index contributed by atoms with van der Waals surface area (Å²) in [5.41, 5.74) is 0. The first-order valence-corrected chi connectivity index (χ1v) is 4.22. The zero-order chi connectivity index (χ0) is 8.55. The molecule has 12 heavy (non-hydrogen) atoms. The number of thiocarbonyl (C=S) groups is 1. The van der Waals surface area contributed by atoms with E-state index in [1.807, 2.05) is 0 Å². The number of fused-ring (bicyclic) bond motifs is 1. The van der Waals surface area contributed by atoms with Gasteiger partial charge < -0.3 is 10.6 Å². The summed E-state index contributed by atoms with van der Waals surface area (Å²) >= 11 is 4.98. The number of rotatable bonds is 0. The van der Waals surface area contributed by atoms with Gasteiger partial charge in [-0.15, -0.1) is 0 Å². The molecule has 0 aromatic rings. The van der Waals surface area contributed by atoms with E-state index in [9.17, 15) is 4.79 Å². The molecule has 0 spiro atoms. The fraction of sp³-hybridized carbons (Fsp3) is 0.667. The quantitative estimate of drug-likeness (QED) is 0.326. The van der Waals surface area contributed by atoms with Crippen LogP contribution in [0.2, 0.25) is 0 Å². The molecule has 2 aliphatic heterocycles. The van der Waals surface area contributed by atoms with Crippen molar-refractivity contribution < 1.29 is 4.79 Å². The minimum absolute atomic E-state index is 0.00245. The molecular formula is C6H10N4OS. The lowest BCUT2D eigenvalue weighted by molar-refractivity contribution is -0.122. The van der Waals surface area contributed by atoms with Crippen molar-refractivity contribution in [2.75, 3.05) is 13.2 Å². The molecule has 6 heteroatoms. The zero-order valence-corrected chi connectivity index (χ0v) is 7.20. The van der Waals surface area contributed by atoms with Gasteiger partial charge in [0.05, 0.1) is 11.5 Å². The molecule has 0 aromatic carbocycles. The van der Waals surface area contributed by atoms with Gasteiger partial charge in [-0.1, -0.05) is 12.2 Å². The van der Waals surface area contributed by atoms with Crippen molar-refractivity contribution >= 4 is 23.1 Å². The Balaban J connectivity index is 2.15. The Morgan fingerprint density at radius 2 is 2.25 bits per heavy atom. The Labute approximate surface area is 75.3 Å². The lowest BCUT2D eigenvalue weighted by Crippen LogP contribution is -2.50. The normalized spacial score (nSPS) is 35.0. The van der Waals surface area contributed by atoms with E-state index in [-0.39, 0.29) is 18.1 Å². The number of carbonyl (C=O) groups excluding carboxylic acids is 1. The van der Waals surface area contributed by atoms with Gasteiger partial charge in [-0.2, -0.15) is 0 Å². The van der Waals surface area contributed by atoms with Crippen molar-refractivity contribution in [2.24, 2.45) is 0 Å². The summed E-state index contributed by atoms with van der Waals surface area (Å²) in [7, 11) is 0. The predicted molar refractivity (Wildman–Crippen MR) is 47.5 cm³/mol. The van der Waals surface area contributed by atoms with Crippen molar-refractivity contribution in [3.05, 3.63) is 0 Å². The molecule has 4 N–H and O–H groups in total. The van der Waals surface area contributed by atoms with Gasteiger partial charge in [-0.3, -0.25) is 15.4 Å². The van der Waals surface area contributed by atoms with E-state index in [2.05, 4.69) is 21.3 Å². The highest BCUT2D eigenvalue weighted by Gasteiger charge is 2.34. The van der Waals surface area contributed by atoms with Crippen LogP contribution in [-0.2, 0) is 4.79 Å². The number of carbonyl (C=O) groups is 1. The second-order valence-corrected chi connectivity index (χ2v) is 3.32. The summed E-state index contributed by atoms with van der Waals surface area (Å²) in [5.74, 6) is -0.00245. The summed E-state index contributed by atoms with van der Waals surface area (Å²) in [6.07, 6.45) is -0.0556. The second kappa shape index (κ2) is 2.96. The third-order valence-corrected chi connectivity index (χ3v) is 2.26.